The fraction of sp³-hybridized carbons (Fsp3) is 0.200. The van der Waals surface area contributed by atoms with Crippen molar-refractivity contribution in [1.29, 1.82) is 0 Å². The van der Waals surface area contributed by atoms with Crippen LogP contribution in [-0.4, -0.2) is 42.7 Å². The van der Waals surface area contributed by atoms with Crippen LogP contribution in [0.2, 0.25) is 0 Å². The number of aromatic carboxylic acids is 1. The van der Waals surface area contributed by atoms with Gasteiger partial charge in [0.25, 0.3) is 0 Å². The Kier molecular flexibility index (Phi) is 2.74. The van der Waals surface area contributed by atoms with Gasteiger partial charge in [-0.2, -0.15) is 0 Å². The SMILES string of the molecule is COc1ccc2c(c1)-c1c(C)nnn1Cc1c(C(=O)O)ncn1-2. The number of hydrogen-bond acceptors (Lipinski definition) is 5. The van der Waals surface area contributed by atoms with Crippen LogP contribution in [0.15, 0.2) is 24.5 Å². The summed E-state index contributed by atoms with van der Waals surface area (Å²) in [7, 11) is 1.60. The zero-order valence-electron chi connectivity index (χ0n) is 12.5. The largest absolute Gasteiger partial charge is 0.497 e. The van der Waals surface area contributed by atoms with Crippen LogP contribution >= 0.6 is 0 Å². The van der Waals surface area contributed by atoms with Crippen molar-refractivity contribution in [1.82, 2.24) is 24.5 Å². The molecule has 23 heavy (non-hydrogen) atoms. The number of aryl methyl sites for hydroxylation is 1. The molecule has 8 heteroatoms. The number of rotatable bonds is 2. The second-order valence-corrected chi connectivity index (χ2v) is 5.28. The lowest BCUT2D eigenvalue weighted by molar-refractivity contribution is 0.0689. The Morgan fingerprint density at radius 2 is 2.22 bits per heavy atom. The normalized spacial score (nSPS) is 12.1. The molecule has 8 nitrogen and oxygen atoms in total. The smallest absolute Gasteiger partial charge is 0.356 e. The number of carbonyl (C=O) groups is 1. The summed E-state index contributed by atoms with van der Waals surface area (Å²) >= 11 is 0. The van der Waals surface area contributed by atoms with Crippen LogP contribution in [0.5, 0.6) is 5.75 Å². The van der Waals surface area contributed by atoms with Crippen molar-refractivity contribution < 1.29 is 14.6 Å². The molecule has 1 N–H and O–H groups in total. The van der Waals surface area contributed by atoms with Crippen molar-refractivity contribution in [3.63, 3.8) is 0 Å². The van der Waals surface area contributed by atoms with Crippen molar-refractivity contribution in [3.8, 4) is 22.7 Å². The van der Waals surface area contributed by atoms with E-state index in [-0.39, 0.29) is 12.2 Å². The molecular weight excluding hydrogens is 298 g/mol. The molecular formula is C15H13N5O3. The average molecular weight is 311 g/mol. The van der Waals surface area contributed by atoms with Crippen molar-refractivity contribution in [2.24, 2.45) is 0 Å². The van der Waals surface area contributed by atoms with E-state index in [1.165, 1.54) is 6.33 Å². The molecule has 116 valence electrons. The van der Waals surface area contributed by atoms with Gasteiger partial charge in [-0.3, -0.25) is 4.57 Å². The topological polar surface area (TPSA) is 95.1 Å². The lowest BCUT2D eigenvalue weighted by Crippen LogP contribution is -2.10. The number of aromatic nitrogens is 5. The van der Waals surface area contributed by atoms with Crippen LogP contribution in [-0.2, 0) is 6.54 Å². The summed E-state index contributed by atoms with van der Waals surface area (Å²) in [5, 5.41) is 17.6. The summed E-state index contributed by atoms with van der Waals surface area (Å²) in [6.07, 6.45) is 1.53. The highest BCUT2D eigenvalue weighted by atomic mass is 16.5. The quantitative estimate of drug-likeness (QED) is 0.603. The Morgan fingerprint density at radius 3 is 2.96 bits per heavy atom. The number of benzene rings is 1. The Morgan fingerprint density at radius 1 is 1.39 bits per heavy atom. The zero-order valence-corrected chi connectivity index (χ0v) is 12.5. The molecule has 0 saturated heterocycles. The van der Waals surface area contributed by atoms with Gasteiger partial charge in [-0.05, 0) is 25.1 Å². The second kappa shape index (κ2) is 4.67. The minimum Gasteiger partial charge on any atom is -0.497 e. The van der Waals surface area contributed by atoms with Crippen molar-refractivity contribution in [2.75, 3.05) is 7.11 Å². The van der Waals surface area contributed by atoms with E-state index in [1.807, 2.05) is 25.1 Å². The Bertz CT molecular complexity index is 941. The number of hydrogen-bond donors (Lipinski definition) is 1. The fourth-order valence-electron chi connectivity index (χ4n) is 2.94. The van der Waals surface area contributed by atoms with E-state index in [1.54, 1.807) is 16.4 Å². The third-order valence-corrected chi connectivity index (χ3v) is 3.99. The number of carboxylic acid groups (broad SMARTS) is 1. The van der Waals surface area contributed by atoms with Gasteiger partial charge in [-0.1, -0.05) is 5.21 Å². The van der Waals surface area contributed by atoms with Gasteiger partial charge in [0.05, 0.1) is 36.4 Å². The third kappa shape index (κ3) is 1.84. The molecule has 3 aromatic rings. The van der Waals surface area contributed by atoms with Crippen molar-refractivity contribution in [2.45, 2.75) is 13.5 Å². The van der Waals surface area contributed by atoms with Gasteiger partial charge >= 0.3 is 5.97 Å². The van der Waals surface area contributed by atoms with Gasteiger partial charge in [0.1, 0.15) is 12.1 Å². The lowest BCUT2D eigenvalue weighted by atomic mass is 10.1. The Hall–Kier alpha value is -3.16. The summed E-state index contributed by atoms with van der Waals surface area (Å²) in [4.78, 5) is 15.5. The minimum absolute atomic E-state index is 0.0211. The molecule has 2 aromatic heterocycles. The molecule has 0 amide bonds. The van der Waals surface area contributed by atoms with Crippen LogP contribution < -0.4 is 4.74 Å². The summed E-state index contributed by atoms with van der Waals surface area (Å²) in [5.74, 6) is -0.355. The molecule has 3 heterocycles. The number of ether oxygens (including phenoxy) is 1. The van der Waals surface area contributed by atoms with Gasteiger partial charge in [-0.25, -0.2) is 14.5 Å². The van der Waals surface area contributed by atoms with Gasteiger partial charge in [-0.15, -0.1) is 5.10 Å². The minimum atomic E-state index is -1.06. The number of methoxy groups -OCH3 is 1. The number of fused-ring (bicyclic) bond motifs is 5. The zero-order chi connectivity index (χ0) is 16.1. The highest BCUT2D eigenvalue weighted by Gasteiger charge is 2.27. The molecule has 0 bridgehead atoms. The Balaban J connectivity index is 2.08. The molecule has 0 radical (unpaired) electrons. The third-order valence-electron chi connectivity index (χ3n) is 3.99. The van der Waals surface area contributed by atoms with E-state index in [9.17, 15) is 9.90 Å². The van der Waals surface area contributed by atoms with Crippen LogP contribution in [0.1, 0.15) is 21.9 Å². The van der Waals surface area contributed by atoms with Crippen molar-refractivity contribution in [3.05, 3.63) is 41.6 Å². The predicted molar refractivity (Wildman–Crippen MR) is 79.9 cm³/mol. The van der Waals surface area contributed by atoms with E-state index < -0.39 is 5.97 Å². The molecule has 1 aliphatic rings. The molecule has 0 unspecified atom stereocenters. The molecule has 0 fully saturated rings. The van der Waals surface area contributed by atoms with E-state index >= 15 is 0 Å². The summed E-state index contributed by atoms with van der Waals surface area (Å²) in [6, 6.07) is 5.61. The second-order valence-electron chi connectivity index (χ2n) is 5.28. The molecule has 0 atom stereocenters. The molecule has 0 spiro atoms. The van der Waals surface area contributed by atoms with Crippen molar-refractivity contribution >= 4 is 5.97 Å². The maximum absolute atomic E-state index is 11.4. The summed E-state index contributed by atoms with van der Waals surface area (Å²) in [6.45, 7) is 2.16. The monoisotopic (exact) mass is 311 g/mol. The lowest BCUT2D eigenvalue weighted by Gasteiger charge is -2.11. The van der Waals surface area contributed by atoms with E-state index in [0.29, 0.717) is 11.4 Å². The number of nitrogens with zero attached hydrogens (tertiary/aromatic N) is 5. The van der Waals surface area contributed by atoms with Crippen LogP contribution in [0.4, 0.5) is 0 Å². The first kappa shape index (κ1) is 13.5. The molecule has 1 aromatic carbocycles. The van der Waals surface area contributed by atoms with Crippen LogP contribution in [0.25, 0.3) is 16.9 Å². The standard InChI is InChI=1S/C15H13N5O3/c1-8-14-10-5-9(23-2)3-4-11(10)19-7-16-13(15(21)22)12(19)6-20(14)18-17-8/h3-5,7H,6H2,1-2H3,(H,21,22). The van der Waals surface area contributed by atoms with Gasteiger partial charge in [0.15, 0.2) is 5.69 Å². The molecule has 0 aliphatic carbocycles. The number of imidazole rings is 1. The summed E-state index contributed by atoms with van der Waals surface area (Å²) < 4.78 is 8.79. The predicted octanol–water partition coefficient (Wildman–Crippen LogP) is 1.51. The first-order valence-corrected chi connectivity index (χ1v) is 6.98. The number of carboxylic acids is 1. The fourth-order valence-corrected chi connectivity index (χ4v) is 2.94. The maximum atomic E-state index is 11.4. The highest BCUT2D eigenvalue weighted by molar-refractivity contribution is 5.87. The van der Waals surface area contributed by atoms with E-state index in [4.69, 9.17) is 4.74 Å². The van der Waals surface area contributed by atoms with Gasteiger partial charge < -0.3 is 9.84 Å². The maximum Gasteiger partial charge on any atom is 0.356 e. The first-order valence-electron chi connectivity index (χ1n) is 6.98. The first-order chi connectivity index (χ1) is 11.1. The molecule has 1 aliphatic heterocycles. The highest BCUT2D eigenvalue weighted by Crippen LogP contribution is 2.35. The molecule has 0 saturated carbocycles. The van der Waals surface area contributed by atoms with Gasteiger partial charge in [0.2, 0.25) is 0 Å². The van der Waals surface area contributed by atoms with Crippen LogP contribution in [0.3, 0.4) is 0 Å². The van der Waals surface area contributed by atoms with E-state index in [0.717, 1.165) is 22.6 Å². The Labute approximate surface area is 131 Å². The van der Waals surface area contributed by atoms with E-state index in [2.05, 4.69) is 15.3 Å². The van der Waals surface area contributed by atoms with Crippen LogP contribution in [0, 0.1) is 6.92 Å². The van der Waals surface area contributed by atoms with Gasteiger partial charge in [0, 0.05) is 5.56 Å². The average Bonchev–Trinajstić information content (AvgIpc) is 3.08. The summed E-state index contributed by atoms with van der Waals surface area (Å²) in [5.41, 5.74) is 3.90. The molecule has 4 rings (SSSR count).